The van der Waals surface area contributed by atoms with Gasteiger partial charge >= 0.3 is 0 Å². The Kier molecular flexibility index (Phi) is 6.67. The summed E-state index contributed by atoms with van der Waals surface area (Å²) in [5.41, 5.74) is 4.07. The Hall–Kier alpha value is -1.70. The minimum Gasteiger partial charge on any atom is -0.379 e. The van der Waals surface area contributed by atoms with Gasteiger partial charge in [-0.2, -0.15) is 11.8 Å². The van der Waals surface area contributed by atoms with Gasteiger partial charge in [-0.3, -0.25) is 9.89 Å². The van der Waals surface area contributed by atoms with E-state index >= 15 is 0 Å². The van der Waals surface area contributed by atoms with Gasteiger partial charge in [-0.05, 0) is 42.7 Å². The van der Waals surface area contributed by atoms with Gasteiger partial charge in [-0.25, -0.2) is 0 Å². The highest BCUT2D eigenvalue weighted by molar-refractivity contribution is 7.99. The van der Waals surface area contributed by atoms with Crippen molar-refractivity contribution in [2.45, 2.75) is 25.3 Å². The van der Waals surface area contributed by atoms with E-state index in [0.717, 1.165) is 51.8 Å². The van der Waals surface area contributed by atoms with E-state index in [-0.39, 0.29) is 5.54 Å². The van der Waals surface area contributed by atoms with E-state index in [1.807, 2.05) is 7.05 Å². The van der Waals surface area contributed by atoms with Crippen LogP contribution in [0.3, 0.4) is 0 Å². The number of aryl methyl sites for hydroxylation is 1. The Morgan fingerprint density at radius 2 is 2.17 bits per heavy atom. The Morgan fingerprint density at radius 3 is 2.93 bits per heavy atom. The molecule has 0 spiro atoms. The fourth-order valence-electron chi connectivity index (χ4n) is 4.43. The number of nitrogens with one attached hydrogen (secondary N) is 3. The molecule has 4 rings (SSSR count). The molecule has 1 aromatic heterocycles. The van der Waals surface area contributed by atoms with Crippen LogP contribution < -0.4 is 10.6 Å². The summed E-state index contributed by atoms with van der Waals surface area (Å²) in [5, 5.41) is 8.43. The normalized spacial score (nSPS) is 23.6. The van der Waals surface area contributed by atoms with Crippen molar-refractivity contribution >= 4 is 28.6 Å². The molecule has 6 nitrogen and oxygen atoms in total. The van der Waals surface area contributed by atoms with Crippen LogP contribution in [-0.4, -0.2) is 79.3 Å². The number of benzene rings is 1. The van der Waals surface area contributed by atoms with Gasteiger partial charge in [-0.1, -0.05) is 12.1 Å². The Morgan fingerprint density at radius 1 is 1.31 bits per heavy atom. The lowest BCUT2D eigenvalue weighted by atomic mass is 9.95. The van der Waals surface area contributed by atoms with E-state index in [2.05, 4.69) is 68.6 Å². The van der Waals surface area contributed by atoms with E-state index in [0.29, 0.717) is 0 Å². The Labute approximate surface area is 177 Å². The van der Waals surface area contributed by atoms with Crippen LogP contribution in [0.2, 0.25) is 0 Å². The van der Waals surface area contributed by atoms with Gasteiger partial charge < -0.3 is 20.4 Å². The first-order chi connectivity index (χ1) is 14.2. The van der Waals surface area contributed by atoms with Gasteiger partial charge in [0.1, 0.15) is 0 Å². The molecule has 0 saturated carbocycles. The molecule has 1 atom stereocenters. The van der Waals surface area contributed by atoms with E-state index in [4.69, 9.17) is 4.74 Å². The number of morpholine rings is 1. The fraction of sp³-hybridized carbons (Fsp3) is 0.591. The third-order valence-electron chi connectivity index (χ3n) is 6.18. The van der Waals surface area contributed by atoms with Gasteiger partial charge in [0.05, 0.1) is 13.2 Å². The molecule has 3 N–H and O–H groups in total. The average Bonchev–Trinajstić information content (AvgIpc) is 3.39. The van der Waals surface area contributed by atoms with Crippen LogP contribution in [0.5, 0.6) is 0 Å². The lowest BCUT2D eigenvalue weighted by molar-refractivity contribution is -0.0120. The van der Waals surface area contributed by atoms with Crippen molar-refractivity contribution in [3.8, 4) is 0 Å². The number of hydrogen-bond acceptors (Lipinski definition) is 4. The molecule has 2 aliphatic rings. The number of guanidine groups is 1. The van der Waals surface area contributed by atoms with Crippen LogP contribution in [-0.2, 0) is 11.2 Å². The van der Waals surface area contributed by atoms with Crippen molar-refractivity contribution in [3.05, 3.63) is 35.5 Å². The molecule has 3 heterocycles. The summed E-state index contributed by atoms with van der Waals surface area (Å²) in [4.78, 5) is 10.5. The maximum absolute atomic E-state index is 5.57. The lowest BCUT2D eigenvalue weighted by Crippen LogP contribution is -2.60. The van der Waals surface area contributed by atoms with Crippen LogP contribution >= 0.6 is 11.8 Å². The molecule has 0 amide bonds. The number of aliphatic imine (C=N–C) groups is 1. The standard InChI is InChI=1S/C22H33N5OS/c1-17-3-4-19-18(14-25-20(19)13-17)5-7-24-21(23-2)26-15-22(6-12-29-16-22)27-8-10-28-11-9-27/h3-4,13-14,25H,5-12,15-16H2,1-2H3,(H2,23,24,26). The molecule has 2 saturated heterocycles. The molecule has 1 aromatic carbocycles. The summed E-state index contributed by atoms with van der Waals surface area (Å²) in [6, 6.07) is 6.60. The first-order valence-electron chi connectivity index (χ1n) is 10.6. The minimum absolute atomic E-state index is 0.223. The smallest absolute Gasteiger partial charge is 0.191 e. The van der Waals surface area contributed by atoms with Gasteiger partial charge in [0.25, 0.3) is 0 Å². The Balaban J connectivity index is 1.31. The van der Waals surface area contributed by atoms with E-state index in [9.17, 15) is 0 Å². The van der Waals surface area contributed by atoms with E-state index in [1.165, 1.54) is 40.0 Å². The molecule has 2 aromatic rings. The average molecular weight is 416 g/mol. The lowest BCUT2D eigenvalue weighted by Gasteiger charge is -2.43. The van der Waals surface area contributed by atoms with Gasteiger partial charge in [0.2, 0.25) is 0 Å². The number of ether oxygens (including phenoxy) is 1. The van der Waals surface area contributed by atoms with Crippen LogP contribution in [0.4, 0.5) is 0 Å². The molecular weight excluding hydrogens is 382 g/mol. The van der Waals surface area contributed by atoms with E-state index in [1.54, 1.807) is 0 Å². The second kappa shape index (κ2) is 9.41. The monoisotopic (exact) mass is 415 g/mol. The molecule has 29 heavy (non-hydrogen) atoms. The third kappa shape index (κ3) is 4.73. The van der Waals surface area contributed by atoms with Crippen LogP contribution in [0.25, 0.3) is 10.9 Å². The number of H-pyrrole nitrogens is 1. The summed E-state index contributed by atoms with van der Waals surface area (Å²) in [7, 11) is 1.86. The van der Waals surface area contributed by atoms with Gasteiger partial charge in [-0.15, -0.1) is 0 Å². The molecule has 1 unspecified atom stereocenters. The molecule has 7 heteroatoms. The highest BCUT2D eigenvalue weighted by atomic mass is 32.2. The second-order valence-corrected chi connectivity index (χ2v) is 9.20. The molecule has 0 aliphatic carbocycles. The number of thioether (sulfide) groups is 1. The summed E-state index contributed by atoms with van der Waals surface area (Å²) in [6.45, 7) is 7.70. The van der Waals surface area contributed by atoms with Crippen molar-refractivity contribution in [3.63, 3.8) is 0 Å². The first kappa shape index (κ1) is 20.6. The van der Waals surface area contributed by atoms with Crippen LogP contribution in [0.1, 0.15) is 17.5 Å². The summed E-state index contributed by atoms with van der Waals surface area (Å²) >= 11 is 2.07. The summed E-state index contributed by atoms with van der Waals surface area (Å²) in [5.74, 6) is 3.32. The van der Waals surface area contributed by atoms with Crippen molar-refractivity contribution in [1.29, 1.82) is 0 Å². The molecule has 2 aliphatic heterocycles. The molecular formula is C22H33N5OS. The first-order valence-corrected chi connectivity index (χ1v) is 11.8. The summed E-state index contributed by atoms with van der Waals surface area (Å²) < 4.78 is 5.57. The number of rotatable bonds is 6. The highest BCUT2D eigenvalue weighted by Gasteiger charge is 2.40. The predicted octanol–water partition coefficient (Wildman–Crippen LogP) is 2.39. The predicted molar refractivity (Wildman–Crippen MR) is 123 cm³/mol. The topological polar surface area (TPSA) is 64.7 Å². The largest absolute Gasteiger partial charge is 0.379 e. The Bertz CT molecular complexity index is 837. The number of fused-ring (bicyclic) bond motifs is 1. The van der Waals surface area contributed by atoms with E-state index < -0.39 is 0 Å². The maximum atomic E-state index is 5.57. The molecule has 158 valence electrons. The molecule has 0 bridgehead atoms. The number of nitrogens with zero attached hydrogens (tertiary/aromatic N) is 2. The SMILES string of the molecule is CN=C(NCCc1c[nH]c2cc(C)ccc12)NCC1(N2CCOCC2)CCSC1. The third-order valence-corrected chi connectivity index (χ3v) is 7.42. The zero-order valence-electron chi connectivity index (χ0n) is 17.6. The minimum atomic E-state index is 0.223. The fourth-order valence-corrected chi connectivity index (χ4v) is 5.90. The van der Waals surface area contributed by atoms with Gasteiger partial charge in [0.15, 0.2) is 5.96 Å². The van der Waals surface area contributed by atoms with Gasteiger partial charge in [0, 0.05) is 61.6 Å². The summed E-state index contributed by atoms with van der Waals surface area (Å²) in [6.07, 6.45) is 4.33. The quantitative estimate of drug-likeness (QED) is 0.499. The maximum Gasteiger partial charge on any atom is 0.191 e. The number of aromatic nitrogens is 1. The second-order valence-electron chi connectivity index (χ2n) is 8.09. The van der Waals surface area contributed by atoms with Crippen molar-refractivity contribution in [2.24, 2.45) is 4.99 Å². The molecule has 2 fully saturated rings. The molecule has 0 radical (unpaired) electrons. The number of aromatic amines is 1. The zero-order valence-corrected chi connectivity index (χ0v) is 18.4. The zero-order chi connectivity index (χ0) is 20.1. The van der Waals surface area contributed by atoms with Crippen molar-refractivity contribution in [1.82, 2.24) is 20.5 Å². The highest BCUT2D eigenvalue weighted by Crippen LogP contribution is 2.33. The van der Waals surface area contributed by atoms with Crippen molar-refractivity contribution in [2.75, 3.05) is 57.9 Å². The van der Waals surface area contributed by atoms with Crippen LogP contribution in [0.15, 0.2) is 29.4 Å². The number of hydrogen-bond donors (Lipinski definition) is 3. The van der Waals surface area contributed by atoms with Crippen LogP contribution in [0, 0.1) is 6.92 Å². The van der Waals surface area contributed by atoms with Crippen molar-refractivity contribution < 1.29 is 4.74 Å².